The summed E-state index contributed by atoms with van der Waals surface area (Å²) in [6.07, 6.45) is 1.97. The lowest BCUT2D eigenvalue weighted by molar-refractivity contribution is 0.0948. The summed E-state index contributed by atoms with van der Waals surface area (Å²) in [5.74, 6) is 0.271. The van der Waals surface area contributed by atoms with Crippen molar-refractivity contribution in [2.75, 3.05) is 7.11 Å². The molecule has 21 heavy (non-hydrogen) atoms. The Labute approximate surface area is 136 Å². The fourth-order valence-corrected chi connectivity index (χ4v) is 3.99. The molecule has 116 valence electrons. The summed E-state index contributed by atoms with van der Waals surface area (Å²) in [6.45, 7) is 2.07. The van der Waals surface area contributed by atoms with Crippen molar-refractivity contribution >= 4 is 41.6 Å². The third-order valence-electron chi connectivity index (χ3n) is 3.50. The van der Waals surface area contributed by atoms with Gasteiger partial charge in [0, 0.05) is 22.3 Å². The van der Waals surface area contributed by atoms with E-state index >= 15 is 0 Å². The molecule has 2 atom stereocenters. The molecule has 1 aliphatic carbocycles. The second-order valence-electron chi connectivity index (χ2n) is 4.91. The molecule has 0 heterocycles. The summed E-state index contributed by atoms with van der Waals surface area (Å²) in [5, 5.41) is 2.88. The van der Waals surface area contributed by atoms with Crippen LogP contribution in [0.25, 0.3) is 0 Å². The highest BCUT2D eigenvalue weighted by molar-refractivity contribution is 9.10. The number of hydrogen-bond acceptors (Lipinski definition) is 4. The lowest BCUT2D eigenvalue weighted by atomic mass is 10.2. The van der Waals surface area contributed by atoms with E-state index in [2.05, 4.69) is 28.2 Å². The maximum atomic E-state index is 12.2. The molecule has 0 radical (unpaired) electrons. The fraction of sp³-hybridized carbons (Fsp3) is 0.462. The molecule has 2 rings (SSSR count). The Balaban J connectivity index is 2.33. The van der Waals surface area contributed by atoms with Crippen molar-refractivity contribution in [1.29, 1.82) is 0 Å². The minimum Gasteiger partial charge on any atom is -0.494 e. The third kappa shape index (κ3) is 3.70. The Hall–Kier alpha value is -0.790. The van der Waals surface area contributed by atoms with Crippen LogP contribution in [0.15, 0.2) is 21.5 Å². The summed E-state index contributed by atoms with van der Waals surface area (Å²) >= 11 is 3.20. The molecule has 1 amide bonds. The Bertz CT molecular complexity index is 677. The predicted octanol–water partition coefficient (Wildman–Crippen LogP) is 2.91. The van der Waals surface area contributed by atoms with E-state index in [1.807, 2.05) is 0 Å². The van der Waals surface area contributed by atoms with E-state index in [9.17, 15) is 13.2 Å². The van der Waals surface area contributed by atoms with E-state index in [0.29, 0.717) is 10.4 Å². The normalized spacial score (nSPS) is 21.0. The average Bonchev–Trinajstić information content (AvgIpc) is 3.14. The zero-order chi connectivity index (χ0) is 15.8. The largest absolute Gasteiger partial charge is 0.494 e. The zero-order valence-electron chi connectivity index (χ0n) is 11.5. The van der Waals surface area contributed by atoms with Crippen LogP contribution in [-0.4, -0.2) is 27.5 Å². The first-order valence-corrected chi connectivity index (χ1v) is 9.51. The molecule has 0 bridgehead atoms. The van der Waals surface area contributed by atoms with Gasteiger partial charge >= 0.3 is 0 Å². The number of rotatable bonds is 5. The van der Waals surface area contributed by atoms with Crippen molar-refractivity contribution in [3.63, 3.8) is 0 Å². The first kappa shape index (κ1) is 16.6. The number of methoxy groups -OCH3 is 1. The van der Waals surface area contributed by atoms with Gasteiger partial charge in [0.1, 0.15) is 4.90 Å². The first-order valence-electron chi connectivity index (χ1n) is 6.41. The van der Waals surface area contributed by atoms with Crippen molar-refractivity contribution in [2.24, 2.45) is 5.92 Å². The van der Waals surface area contributed by atoms with Crippen molar-refractivity contribution in [2.45, 2.75) is 30.7 Å². The minimum atomic E-state index is -4.02. The summed E-state index contributed by atoms with van der Waals surface area (Å²) in [7, 11) is 2.71. The monoisotopic (exact) mass is 395 g/mol. The van der Waals surface area contributed by atoms with Gasteiger partial charge in [0.2, 0.25) is 0 Å². The molecule has 0 saturated heterocycles. The highest BCUT2D eigenvalue weighted by atomic mass is 79.9. The molecule has 0 spiro atoms. The lowest BCUT2D eigenvalue weighted by Gasteiger charge is -2.11. The molecule has 1 saturated carbocycles. The summed E-state index contributed by atoms with van der Waals surface area (Å²) in [5.41, 5.74) is 0.226. The molecule has 0 aromatic heterocycles. The van der Waals surface area contributed by atoms with Gasteiger partial charge in [-0.1, -0.05) is 13.3 Å². The van der Waals surface area contributed by atoms with E-state index in [-0.39, 0.29) is 28.2 Å². The SMILES string of the molecule is CCC1CC1NC(=O)c1cc(Br)c(OC)c(S(=O)(=O)Cl)c1. The molecule has 1 N–H and O–H groups in total. The maximum Gasteiger partial charge on any atom is 0.265 e. The van der Waals surface area contributed by atoms with E-state index < -0.39 is 9.05 Å². The van der Waals surface area contributed by atoms with Crippen LogP contribution in [0, 0.1) is 5.92 Å². The standard InChI is InChI=1S/C13H15BrClNO4S/c1-3-7-5-10(7)16-13(17)8-4-9(14)12(20-2)11(6-8)21(15,18)19/h4,6-7,10H,3,5H2,1-2H3,(H,16,17). The molecule has 1 aromatic rings. The van der Waals surface area contributed by atoms with Crippen LogP contribution in [0.3, 0.4) is 0 Å². The Morgan fingerprint density at radius 3 is 2.67 bits per heavy atom. The van der Waals surface area contributed by atoms with Crippen LogP contribution < -0.4 is 10.1 Å². The number of carbonyl (C=O) groups is 1. The number of benzene rings is 1. The zero-order valence-corrected chi connectivity index (χ0v) is 14.7. The van der Waals surface area contributed by atoms with Gasteiger partial charge in [-0.2, -0.15) is 0 Å². The van der Waals surface area contributed by atoms with Crippen LogP contribution in [0.5, 0.6) is 5.75 Å². The maximum absolute atomic E-state index is 12.2. The molecule has 8 heteroatoms. The lowest BCUT2D eigenvalue weighted by Crippen LogP contribution is -2.27. The van der Waals surface area contributed by atoms with Gasteiger partial charge in [-0.3, -0.25) is 4.79 Å². The molecule has 0 aliphatic heterocycles. The second kappa shape index (κ2) is 6.14. The van der Waals surface area contributed by atoms with Gasteiger partial charge in [0.25, 0.3) is 15.0 Å². The number of amides is 1. The Morgan fingerprint density at radius 2 is 2.19 bits per heavy atom. The third-order valence-corrected chi connectivity index (χ3v) is 5.42. The van der Waals surface area contributed by atoms with Crippen LogP contribution in [0.2, 0.25) is 0 Å². The van der Waals surface area contributed by atoms with Gasteiger partial charge < -0.3 is 10.1 Å². The molecule has 1 aliphatic rings. The quantitative estimate of drug-likeness (QED) is 0.777. The number of nitrogens with one attached hydrogen (secondary N) is 1. The van der Waals surface area contributed by atoms with Gasteiger partial charge in [-0.05, 0) is 40.4 Å². The molecule has 5 nitrogen and oxygen atoms in total. The van der Waals surface area contributed by atoms with Crippen molar-refractivity contribution < 1.29 is 17.9 Å². The number of ether oxygens (including phenoxy) is 1. The summed E-state index contributed by atoms with van der Waals surface area (Å²) in [4.78, 5) is 11.9. The summed E-state index contributed by atoms with van der Waals surface area (Å²) in [6, 6.07) is 2.91. The summed E-state index contributed by atoms with van der Waals surface area (Å²) < 4.78 is 28.6. The van der Waals surface area contributed by atoms with Gasteiger partial charge in [-0.25, -0.2) is 8.42 Å². The molecule has 2 unspecified atom stereocenters. The van der Waals surface area contributed by atoms with E-state index in [4.69, 9.17) is 15.4 Å². The van der Waals surface area contributed by atoms with Gasteiger partial charge in [-0.15, -0.1) is 0 Å². The number of hydrogen-bond donors (Lipinski definition) is 1. The number of halogens is 2. The highest BCUT2D eigenvalue weighted by Crippen LogP contribution is 2.36. The van der Waals surface area contributed by atoms with Crippen LogP contribution in [0.4, 0.5) is 0 Å². The van der Waals surface area contributed by atoms with E-state index in [1.165, 1.54) is 19.2 Å². The van der Waals surface area contributed by atoms with Gasteiger partial charge in [0.15, 0.2) is 5.75 Å². The second-order valence-corrected chi connectivity index (χ2v) is 8.30. The minimum absolute atomic E-state index is 0.0828. The molecule has 1 fully saturated rings. The van der Waals surface area contributed by atoms with E-state index in [1.54, 1.807) is 0 Å². The highest BCUT2D eigenvalue weighted by Gasteiger charge is 2.36. The number of carbonyl (C=O) groups excluding carboxylic acids is 1. The van der Waals surface area contributed by atoms with Crippen LogP contribution in [0.1, 0.15) is 30.1 Å². The first-order chi connectivity index (χ1) is 9.77. The molecular formula is C13H15BrClNO4S. The van der Waals surface area contributed by atoms with E-state index in [0.717, 1.165) is 12.8 Å². The fourth-order valence-electron chi connectivity index (χ4n) is 2.21. The Kier molecular flexibility index (Phi) is 4.85. The van der Waals surface area contributed by atoms with Gasteiger partial charge in [0.05, 0.1) is 11.6 Å². The van der Waals surface area contributed by atoms with Crippen LogP contribution >= 0.6 is 26.6 Å². The van der Waals surface area contributed by atoms with Crippen molar-refractivity contribution in [3.8, 4) is 5.75 Å². The van der Waals surface area contributed by atoms with Crippen LogP contribution in [-0.2, 0) is 9.05 Å². The van der Waals surface area contributed by atoms with Crippen molar-refractivity contribution in [3.05, 3.63) is 22.2 Å². The molecular weight excluding hydrogens is 382 g/mol. The van der Waals surface area contributed by atoms with Crippen molar-refractivity contribution in [1.82, 2.24) is 5.32 Å². The smallest absolute Gasteiger partial charge is 0.265 e. The Morgan fingerprint density at radius 1 is 1.52 bits per heavy atom. The molecule has 1 aromatic carbocycles. The topological polar surface area (TPSA) is 72.5 Å². The predicted molar refractivity (Wildman–Crippen MR) is 83.4 cm³/mol. The average molecular weight is 397 g/mol.